The molecule has 3 aromatic carbocycles. The first-order valence-electron chi connectivity index (χ1n) is 18.6. The van der Waals surface area contributed by atoms with Gasteiger partial charge in [-0.05, 0) is 67.1 Å². The predicted molar refractivity (Wildman–Crippen MR) is 194 cm³/mol. The number of alkyl halides is 3. The van der Waals surface area contributed by atoms with Gasteiger partial charge in [0.1, 0.15) is 18.4 Å². The summed E-state index contributed by atoms with van der Waals surface area (Å²) in [5.41, 5.74) is 1.16. The smallest absolute Gasteiger partial charge is 0.418 e. The summed E-state index contributed by atoms with van der Waals surface area (Å²) in [6, 6.07) is 14.0. The Morgan fingerprint density at radius 1 is 0.911 bits per heavy atom. The molecular formula is C41H42F4N4O7. The minimum absolute atomic E-state index is 0.00691. The first-order valence-corrected chi connectivity index (χ1v) is 18.6. The molecule has 2 N–H and O–H groups in total. The Morgan fingerprint density at radius 3 is 2.25 bits per heavy atom. The minimum Gasteiger partial charge on any atom is -0.427 e. The Labute approximate surface area is 320 Å². The molecule has 0 radical (unpaired) electrons. The number of imide groups is 1. The van der Waals surface area contributed by atoms with Gasteiger partial charge in [-0.25, -0.2) is 14.1 Å². The van der Waals surface area contributed by atoms with E-state index in [1.807, 2.05) is 12.1 Å². The largest absolute Gasteiger partial charge is 0.427 e. The highest BCUT2D eigenvalue weighted by molar-refractivity contribution is 6.06. The van der Waals surface area contributed by atoms with Crippen LogP contribution in [-0.4, -0.2) is 64.1 Å². The zero-order chi connectivity index (χ0) is 40.2. The molecule has 15 heteroatoms. The summed E-state index contributed by atoms with van der Waals surface area (Å²) in [5, 5.41) is 5.50. The molecule has 1 aliphatic heterocycles. The molecule has 5 amide bonds. The normalized spacial score (nSPS) is 18.7. The van der Waals surface area contributed by atoms with E-state index in [0.29, 0.717) is 32.2 Å². The fraction of sp³-hybridized carbons (Fsp3) is 0.415. The Kier molecular flexibility index (Phi) is 11.9. The average molecular weight is 779 g/mol. The molecule has 1 heterocycles. The van der Waals surface area contributed by atoms with Crippen LogP contribution in [0.4, 0.5) is 28.0 Å². The number of hydrogen-bond donors (Lipinski definition) is 2. The van der Waals surface area contributed by atoms with E-state index in [4.69, 9.17) is 4.74 Å². The number of ketones is 1. The van der Waals surface area contributed by atoms with Crippen molar-refractivity contribution in [3.8, 4) is 0 Å². The van der Waals surface area contributed by atoms with Crippen molar-refractivity contribution in [3.63, 3.8) is 0 Å². The van der Waals surface area contributed by atoms with Crippen molar-refractivity contribution in [1.29, 1.82) is 0 Å². The van der Waals surface area contributed by atoms with Crippen molar-refractivity contribution < 1.29 is 51.1 Å². The molecule has 296 valence electrons. The molecular weight excluding hydrogens is 736 g/mol. The van der Waals surface area contributed by atoms with Crippen LogP contribution in [0.5, 0.6) is 0 Å². The van der Waals surface area contributed by atoms with Gasteiger partial charge in [0.15, 0.2) is 5.78 Å². The summed E-state index contributed by atoms with van der Waals surface area (Å²) in [5.74, 6) is -3.22. The van der Waals surface area contributed by atoms with Gasteiger partial charge in [-0.3, -0.25) is 24.0 Å². The van der Waals surface area contributed by atoms with Crippen LogP contribution in [0, 0.1) is 11.7 Å². The molecule has 1 spiro atoms. The first kappa shape index (κ1) is 40.1. The molecule has 1 saturated heterocycles. The standard InChI is InChI=1S/C41H42F4N4O7/c1-25(41(43,44)45)48(23-27-9-13-31(42)14-10-27)36(52)24-49-38(54)40(56-39(49)55)20-19-30-21-32(15-16-33(30)40)47-35(51)18-17-34(50)46-22-26-7-11-29(12-8-26)37(53)28-5-3-2-4-6-28/h7-16,21,25,28H,2-6,17-20,22-24H2,1H3,(H,46,50)(H,47,51)/t25-,40?/m0/s1. The number of amides is 5. The summed E-state index contributed by atoms with van der Waals surface area (Å²) in [7, 11) is 0. The van der Waals surface area contributed by atoms with Crippen molar-refractivity contribution in [2.24, 2.45) is 5.92 Å². The molecule has 6 rings (SSSR count). The highest BCUT2D eigenvalue weighted by Gasteiger charge is 2.58. The average Bonchev–Trinajstić information content (AvgIpc) is 3.66. The zero-order valence-corrected chi connectivity index (χ0v) is 30.8. The predicted octanol–water partition coefficient (Wildman–Crippen LogP) is 6.72. The molecule has 11 nitrogen and oxygen atoms in total. The highest BCUT2D eigenvalue weighted by Crippen LogP contribution is 2.46. The lowest BCUT2D eigenvalue weighted by Crippen LogP contribution is -2.51. The van der Waals surface area contributed by atoms with Crippen molar-refractivity contribution >= 4 is 41.2 Å². The fourth-order valence-electron chi connectivity index (χ4n) is 7.49. The van der Waals surface area contributed by atoms with Crippen LogP contribution in [0.15, 0.2) is 66.7 Å². The van der Waals surface area contributed by atoms with Crippen LogP contribution in [0.25, 0.3) is 0 Å². The number of nitrogens with one attached hydrogen (secondary N) is 2. The van der Waals surface area contributed by atoms with Crippen LogP contribution in [0.2, 0.25) is 0 Å². The van der Waals surface area contributed by atoms with Crippen LogP contribution >= 0.6 is 0 Å². The maximum atomic E-state index is 13.8. The van der Waals surface area contributed by atoms with E-state index < -0.39 is 60.5 Å². The number of carbonyl (C=O) groups is 6. The summed E-state index contributed by atoms with van der Waals surface area (Å²) in [6.45, 7) is -0.551. The Morgan fingerprint density at radius 2 is 1.57 bits per heavy atom. The van der Waals surface area contributed by atoms with Gasteiger partial charge in [-0.15, -0.1) is 0 Å². The number of nitrogens with zero attached hydrogens (tertiary/aromatic N) is 2. The van der Waals surface area contributed by atoms with Gasteiger partial charge in [0, 0.05) is 55.1 Å². The van der Waals surface area contributed by atoms with Gasteiger partial charge in [0.2, 0.25) is 23.3 Å². The third kappa shape index (κ3) is 8.92. The molecule has 2 aliphatic carbocycles. The molecule has 1 saturated carbocycles. The van der Waals surface area contributed by atoms with Crippen LogP contribution < -0.4 is 10.6 Å². The Bertz CT molecular complexity index is 2000. The molecule has 0 bridgehead atoms. The lowest BCUT2D eigenvalue weighted by molar-refractivity contribution is -0.187. The maximum Gasteiger partial charge on any atom is 0.418 e. The number of aryl methyl sites for hydroxylation is 1. The number of benzene rings is 3. The summed E-state index contributed by atoms with van der Waals surface area (Å²) in [4.78, 5) is 78.9. The number of anilines is 1. The van der Waals surface area contributed by atoms with Gasteiger partial charge < -0.3 is 20.3 Å². The van der Waals surface area contributed by atoms with Gasteiger partial charge in [0.05, 0.1) is 0 Å². The number of carbonyl (C=O) groups excluding carboxylic acids is 6. The monoisotopic (exact) mass is 778 g/mol. The lowest BCUT2D eigenvalue weighted by atomic mass is 9.84. The van der Waals surface area contributed by atoms with Crippen molar-refractivity contribution in [1.82, 2.24) is 15.1 Å². The molecule has 3 aromatic rings. The van der Waals surface area contributed by atoms with Gasteiger partial charge >= 0.3 is 12.3 Å². The SMILES string of the molecule is C[C@H](N(Cc1ccc(F)cc1)C(=O)CN1C(=O)OC2(CCc3cc(NC(=O)CCC(=O)NCc4ccc(C(=O)C5CCCCC5)cc4)ccc32)C1=O)C(F)(F)F. The third-order valence-electron chi connectivity index (χ3n) is 10.7. The van der Waals surface area contributed by atoms with E-state index in [1.54, 1.807) is 18.2 Å². The van der Waals surface area contributed by atoms with E-state index in [9.17, 15) is 46.3 Å². The second kappa shape index (κ2) is 16.6. The minimum atomic E-state index is -4.83. The van der Waals surface area contributed by atoms with Crippen molar-refractivity contribution in [2.75, 3.05) is 11.9 Å². The molecule has 2 fully saturated rings. The lowest BCUT2D eigenvalue weighted by Gasteiger charge is -2.31. The number of halogens is 4. The zero-order valence-electron chi connectivity index (χ0n) is 30.8. The summed E-state index contributed by atoms with van der Waals surface area (Å²) >= 11 is 0. The first-order chi connectivity index (χ1) is 26.6. The number of Topliss-reactive ketones (excluding diaryl/α,β-unsaturated/α-hetero) is 1. The van der Waals surface area contributed by atoms with Crippen molar-refractivity contribution in [3.05, 3.63) is 100 Å². The van der Waals surface area contributed by atoms with Crippen LogP contribution in [-0.2, 0) is 49.0 Å². The van der Waals surface area contributed by atoms with Crippen molar-refractivity contribution in [2.45, 2.75) is 95.6 Å². The molecule has 2 atom stereocenters. The third-order valence-corrected chi connectivity index (χ3v) is 10.7. The molecule has 1 unspecified atom stereocenters. The molecule has 0 aromatic heterocycles. The van der Waals surface area contributed by atoms with Gasteiger partial charge in [-0.1, -0.05) is 61.7 Å². The molecule has 56 heavy (non-hydrogen) atoms. The summed E-state index contributed by atoms with van der Waals surface area (Å²) < 4.78 is 60.3. The second-order valence-corrected chi connectivity index (χ2v) is 14.5. The number of ether oxygens (including phenoxy) is 1. The Hall–Kier alpha value is -5.60. The van der Waals surface area contributed by atoms with E-state index in [2.05, 4.69) is 10.6 Å². The van der Waals surface area contributed by atoms with E-state index in [1.165, 1.54) is 30.7 Å². The topological polar surface area (TPSA) is 142 Å². The van der Waals surface area contributed by atoms with E-state index in [-0.39, 0.29) is 55.4 Å². The maximum absolute atomic E-state index is 13.8. The van der Waals surface area contributed by atoms with Gasteiger partial charge in [-0.2, -0.15) is 13.2 Å². The van der Waals surface area contributed by atoms with Gasteiger partial charge in [0.25, 0.3) is 5.91 Å². The fourth-order valence-corrected chi connectivity index (χ4v) is 7.49. The quantitative estimate of drug-likeness (QED) is 0.145. The van der Waals surface area contributed by atoms with Crippen LogP contribution in [0.3, 0.4) is 0 Å². The summed E-state index contributed by atoms with van der Waals surface area (Å²) in [6.07, 6.45) is -0.812. The Balaban J connectivity index is 1.01. The second-order valence-electron chi connectivity index (χ2n) is 14.5. The number of hydrogen-bond acceptors (Lipinski definition) is 7. The number of fused-ring (bicyclic) bond motifs is 2. The van der Waals surface area contributed by atoms with E-state index in [0.717, 1.165) is 50.3 Å². The number of rotatable bonds is 13. The van der Waals surface area contributed by atoms with E-state index >= 15 is 0 Å². The highest BCUT2D eigenvalue weighted by atomic mass is 19.4. The molecule has 3 aliphatic rings. The van der Waals surface area contributed by atoms with Crippen LogP contribution in [0.1, 0.15) is 90.9 Å².